The van der Waals surface area contributed by atoms with Crippen LogP contribution in [0.5, 0.6) is 5.75 Å². The highest BCUT2D eigenvalue weighted by Crippen LogP contribution is 2.49. The molecular formula is C13H14BrNO2. The van der Waals surface area contributed by atoms with Crippen molar-refractivity contribution >= 4 is 21.8 Å². The summed E-state index contributed by atoms with van der Waals surface area (Å²) in [6.07, 6.45) is 3.47. The number of carbonyl (C=O) groups is 1. The molecule has 1 amide bonds. The Kier molecular flexibility index (Phi) is 2.43. The number of carbonyl (C=O) groups excluding carboxylic acids is 1. The average molecular weight is 296 g/mol. The van der Waals surface area contributed by atoms with Gasteiger partial charge >= 0.3 is 0 Å². The summed E-state index contributed by atoms with van der Waals surface area (Å²) in [6, 6.07) is 3.99. The summed E-state index contributed by atoms with van der Waals surface area (Å²) >= 11 is 3.59. The molecule has 3 rings (SSSR count). The van der Waals surface area contributed by atoms with Crippen molar-refractivity contribution in [3.8, 4) is 5.75 Å². The number of halogens is 1. The zero-order valence-corrected chi connectivity index (χ0v) is 11.3. The molecule has 1 atom stereocenters. The second-order valence-corrected chi connectivity index (χ2v) is 5.59. The molecule has 1 aliphatic carbocycles. The molecule has 1 spiro atoms. The van der Waals surface area contributed by atoms with Gasteiger partial charge in [-0.15, -0.1) is 0 Å². The van der Waals surface area contributed by atoms with Gasteiger partial charge in [0.1, 0.15) is 5.75 Å². The first-order chi connectivity index (χ1) is 8.16. The highest BCUT2D eigenvalue weighted by molar-refractivity contribution is 9.10. The van der Waals surface area contributed by atoms with E-state index >= 15 is 0 Å². The molecule has 0 saturated carbocycles. The van der Waals surface area contributed by atoms with Gasteiger partial charge in [-0.25, -0.2) is 0 Å². The smallest absolute Gasteiger partial charge is 0.220 e. The molecule has 1 fully saturated rings. The highest BCUT2D eigenvalue weighted by Gasteiger charge is 2.46. The van der Waals surface area contributed by atoms with Gasteiger partial charge in [-0.1, -0.05) is 15.9 Å². The lowest BCUT2D eigenvalue weighted by atomic mass is 9.89. The minimum Gasteiger partial charge on any atom is -0.496 e. The Morgan fingerprint density at radius 2 is 2.12 bits per heavy atom. The van der Waals surface area contributed by atoms with Crippen LogP contribution < -0.4 is 10.1 Å². The molecule has 1 N–H and O–H groups in total. The van der Waals surface area contributed by atoms with Crippen molar-refractivity contribution in [1.82, 2.24) is 5.32 Å². The third-order valence-corrected chi connectivity index (χ3v) is 4.62. The zero-order valence-electron chi connectivity index (χ0n) is 9.68. The summed E-state index contributed by atoms with van der Waals surface area (Å²) < 4.78 is 6.58. The summed E-state index contributed by atoms with van der Waals surface area (Å²) in [5.74, 6) is 1.04. The summed E-state index contributed by atoms with van der Waals surface area (Å²) in [5.41, 5.74) is 2.29. The SMILES string of the molecule is COc1ccc(Br)c2c1[C@@]1(CCC(=O)N1)CC2. The molecular weight excluding hydrogens is 282 g/mol. The van der Waals surface area contributed by atoms with Crippen molar-refractivity contribution in [3.63, 3.8) is 0 Å². The van der Waals surface area contributed by atoms with Gasteiger partial charge < -0.3 is 10.1 Å². The number of benzene rings is 1. The van der Waals surface area contributed by atoms with Gasteiger partial charge in [0.15, 0.2) is 0 Å². The van der Waals surface area contributed by atoms with Crippen LogP contribution in [0.15, 0.2) is 16.6 Å². The Labute approximate surface area is 109 Å². The van der Waals surface area contributed by atoms with Crippen molar-refractivity contribution in [1.29, 1.82) is 0 Å². The van der Waals surface area contributed by atoms with Gasteiger partial charge in [-0.3, -0.25) is 4.79 Å². The molecule has 3 nitrogen and oxygen atoms in total. The zero-order chi connectivity index (χ0) is 12.0. The second kappa shape index (κ2) is 3.73. The lowest BCUT2D eigenvalue weighted by molar-refractivity contribution is -0.119. The summed E-state index contributed by atoms with van der Waals surface area (Å²) in [6.45, 7) is 0. The minimum absolute atomic E-state index is 0.153. The lowest BCUT2D eigenvalue weighted by Gasteiger charge is -2.26. The number of amides is 1. The van der Waals surface area contributed by atoms with Gasteiger partial charge in [0, 0.05) is 16.5 Å². The maximum Gasteiger partial charge on any atom is 0.220 e. The summed E-state index contributed by atoms with van der Waals surface area (Å²) in [5, 5.41) is 3.15. The molecule has 1 saturated heterocycles. The maximum absolute atomic E-state index is 11.5. The quantitative estimate of drug-likeness (QED) is 0.864. The van der Waals surface area contributed by atoms with Gasteiger partial charge in [0.25, 0.3) is 0 Å². The van der Waals surface area contributed by atoms with E-state index in [0.717, 1.165) is 29.5 Å². The van der Waals surface area contributed by atoms with Crippen LogP contribution in [0.3, 0.4) is 0 Å². The molecule has 2 aliphatic rings. The minimum atomic E-state index is -0.179. The first-order valence-electron chi connectivity index (χ1n) is 5.83. The third-order valence-electron chi connectivity index (χ3n) is 3.88. The molecule has 1 heterocycles. The summed E-state index contributed by atoms with van der Waals surface area (Å²) in [4.78, 5) is 11.5. The van der Waals surface area contributed by atoms with Crippen LogP contribution in [0.25, 0.3) is 0 Å². The number of ether oxygens (including phenoxy) is 1. The fourth-order valence-corrected chi connectivity index (χ4v) is 3.63. The Balaban J connectivity index is 2.18. The fraction of sp³-hybridized carbons (Fsp3) is 0.462. The second-order valence-electron chi connectivity index (χ2n) is 4.73. The van der Waals surface area contributed by atoms with Gasteiger partial charge in [-0.2, -0.15) is 0 Å². The van der Waals surface area contributed by atoms with E-state index in [1.54, 1.807) is 7.11 Å². The molecule has 4 heteroatoms. The molecule has 1 aromatic carbocycles. The molecule has 0 unspecified atom stereocenters. The largest absolute Gasteiger partial charge is 0.496 e. The summed E-state index contributed by atoms with van der Waals surface area (Å²) in [7, 11) is 1.69. The molecule has 1 aliphatic heterocycles. The van der Waals surface area contributed by atoms with E-state index in [-0.39, 0.29) is 11.4 Å². The van der Waals surface area contributed by atoms with Crippen LogP contribution in [0, 0.1) is 0 Å². The Morgan fingerprint density at radius 1 is 1.35 bits per heavy atom. The number of hydrogen-bond acceptors (Lipinski definition) is 2. The van der Waals surface area contributed by atoms with Crippen molar-refractivity contribution < 1.29 is 9.53 Å². The third kappa shape index (κ3) is 1.50. The number of hydrogen-bond donors (Lipinski definition) is 1. The highest BCUT2D eigenvalue weighted by atomic mass is 79.9. The van der Waals surface area contributed by atoms with Crippen LogP contribution >= 0.6 is 15.9 Å². The van der Waals surface area contributed by atoms with E-state index in [1.807, 2.05) is 12.1 Å². The van der Waals surface area contributed by atoms with Crippen molar-refractivity contribution in [2.45, 2.75) is 31.2 Å². The number of rotatable bonds is 1. The number of nitrogens with one attached hydrogen (secondary N) is 1. The van der Waals surface area contributed by atoms with Crippen molar-refractivity contribution in [3.05, 3.63) is 27.7 Å². The average Bonchev–Trinajstić information content (AvgIpc) is 2.87. The fourth-order valence-electron chi connectivity index (χ4n) is 3.10. The van der Waals surface area contributed by atoms with Gasteiger partial charge in [-0.05, 0) is 37.0 Å². The first kappa shape index (κ1) is 11.1. The van der Waals surface area contributed by atoms with Crippen LogP contribution in [0.1, 0.15) is 30.4 Å². The molecule has 17 heavy (non-hydrogen) atoms. The van der Waals surface area contributed by atoms with E-state index < -0.39 is 0 Å². The Bertz CT molecular complexity index is 500. The monoisotopic (exact) mass is 295 g/mol. The van der Waals surface area contributed by atoms with E-state index in [9.17, 15) is 4.79 Å². The van der Waals surface area contributed by atoms with Crippen LogP contribution in [0.2, 0.25) is 0 Å². The number of methoxy groups -OCH3 is 1. The molecule has 0 radical (unpaired) electrons. The molecule has 0 bridgehead atoms. The molecule has 1 aromatic rings. The van der Waals surface area contributed by atoms with Gasteiger partial charge in [0.05, 0.1) is 12.6 Å². The topological polar surface area (TPSA) is 38.3 Å². The Hall–Kier alpha value is -1.03. The van der Waals surface area contributed by atoms with Crippen molar-refractivity contribution in [2.75, 3.05) is 7.11 Å². The maximum atomic E-state index is 11.5. The van der Waals surface area contributed by atoms with Crippen LogP contribution in [0.4, 0.5) is 0 Å². The van der Waals surface area contributed by atoms with Crippen LogP contribution in [-0.2, 0) is 16.8 Å². The standard InChI is InChI=1S/C13H14BrNO2/c1-17-10-3-2-9(14)8-4-6-13(12(8)10)7-5-11(16)15-13/h2-3H,4-7H2,1H3,(H,15,16)/t13-/m0/s1. The first-order valence-corrected chi connectivity index (χ1v) is 6.62. The van der Waals surface area contributed by atoms with E-state index in [1.165, 1.54) is 11.1 Å². The number of fused-ring (bicyclic) bond motifs is 2. The van der Waals surface area contributed by atoms with E-state index in [2.05, 4.69) is 21.2 Å². The van der Waals surface area contributed by atoms with Gasteiger partial charge in [0.2, 0.25) is 5.91 Å². The predicted molar refractivity (Wildman–Crippen MR) is 68.1 cm³/mol. The molecule has 0 aromatic heterocycles. The van der Waals surface area contributed by atoms with Crippen LogP contribution in [-0.4, -0.2) is 13.0 Å². The van der Waals surface area contributed by atoms with Crippen molar-refractivity contribution in [2.24, 2.45) is 0 Å². The Morgan fingerprint density at radius 3 is 2.76 bits per heavy atom. The molecule has 90 valence electrons. The van der Waals surface area contributed by atoms with E-state index in [0.29, 0.717) is 6.42 Å². The van der Waals surface area contributed by atoms with E-state index in [4.69, 9.17) is 4.74 Å². The predicted octanol–water partition coefficient (Wildman–Crippen LogP) is 2.51. The normalized spacial score (nSPS) is 26.1. The lowest BCUT2D eigenvalue weighted by Crippen LogP contribution is -2.36.